The highest BCUT2D eigenvalue weighted by Gasteiger charge is 2.35. The van der Waals surface area contributed by atoms with Crippen molar-refractivity contribution in [1.29, 1.82) is 0 Å². The van der Waals surface area contributed by atoms with E-state index in [1.165, 1.54) is 6.20 Å². The van der Waals surface area contributed by atoms with Crippen molar-refractivity contribution < 1.29 is 18.1 Å². The van der Waals surface area contributed by atoms with Gasteiger partial charge < -0.3 is 4.52 Å². The third kappa shape index (κ3) is 4.42. The molecule has 0 saturated heterocycles. The SMILES string of the molecule is CC(C)ONCc1ccc(-c2noc(C(F)(F)Cl)n2)cn1. The predicted octanol–water partition coefficient (Wildman–Crippen LogP) is 2.85. The molecule has 0 aliphatic rings. The van der Waals surface area contributed by atoms with Gasteiger partial charge >= 0.3 is 11.3 Å². The van der Waals surface area contributed by atoms with Gasteiger partial charge in [0, 0.05) is 11.8 Å². The average molecular weight is 319 g/mol. The summed E-state index contributed by atoms with van der Waals surface area (Å²) in [4.78, 5) is 12.8. The van der Waals surface area contributed by atoms with Gasteiger partial charge in [-0.2, -0.15) is 19.2 Å². The zero-order chi connectivity index (χ0) is 15.5. The molecular formula is C12H13ClF2N4O2. The lowest BCUT2D eigenvalue weighted by Crippen LogP contribution is -2.19. The van der Waals surface area contributed by atoms with Crippen LogP contribution in [0.4, 0.5) is 8.78 Å². The van der Waals surface area contributed by atoms with E-state index in [1.807, 2.05) is 13.8 Å². The van der Waals surface area contributed by atoms with Gasteiger partial charge in [-0.3, -0.25) is 9.82 Å². The normalized spacial score (nSPS) is 12.1. The molecule has 114 valence electrons. The molecule has 0 fully saturated rings. The topological polar surface area (TPSA) is 73.1 Å². The number of nitrogens with one attached hydrogen (secondary N) is 1. The molecule has 2 heterocycles. The Labute approximate surface area is 124 Å². The molecule has 0 aliphatic carbocycles. The number of halogens is 3. The third-order valence-corrected chi connectivity index (χ3v) is 2.49. The molecule has 0 aliphatic heterocycles. The summed E-state index contributed by atoms with van der Waals surface area (Å²) in [6, 6.07) is 3.33. The second-order valence-electron chi connectivity index (χ2n) is 4.45. The van der Waals surface area contributed by atoms with Crippen LogP contribution in [0, 0.1) is 0 Å². The molecule has 0 bridgehead atoms. The van der Waals surface area contributed by atoms with Crippen molar-refractivity contribution in [3.8, 4) is 11.4 Å². The van der Waals surface area contributed by atoms with Gasteiger partial charge in [0.15, 0.2) is 0 Å². The highest BCUT2D eigenvalue weighted by Crippen LogP contribution is 2.31. The Bertz CT molecular complexity index is 584. The van der Waals surface area contributed by atoms with Crippen LogP contribution in [0.25, 0.3) is 11.4 Å². The first-order chi connectivity index (χ1) is 9.86. The quantitative estimate of drug-likeness (QED) is 0.652. The van der Waals surface area contributed by atoms with Gasteiger partial charge in [-0.05, 0) is 37.6 Å². The van der Waals surface area contributed by atoms with E-state index in [-0.39, 0.29) is 11.9 Å². The van der Waals surface area contributed by atoms with E-state index in [2.05, 4.69) is 25.1 Å². The van der Waals surface area contributed by atoms with Crippen molar-refractivity contribution in [3.63, 3.8) is 0 Å². The van der Waals surface area contributed by atoms with E-state index in [1.54, 1.807) is 12.1 Å². The van der Waals surface area contributed by atoms with Crippen LogP contribution in [-0.2, 0) is 16.8 Å². The summed E-state index contributed by atoms with van der Waals surface area (Å²) in [6.07, 6.45) is 1.51. The summed E-state index contributed by atoms with van der Waals surface area (Å²) in [5.41, 5.74) is 3.91. The highest BCUT2D eigenvalue weighted by atomic mass is 35.5. The number of aromatic nitrogens is 3. The first-order valence-corrected chi connectivity index (χ1v) is 6.49. The number of nitrogens with zero attached hydrogens (tertiary/aromatic N) is 3. The fraction of sp³-hybridized carbons (Fsp3) is 0.417. The largest absolute Gasteiger partial charge is 0.400 e. The first kappa shape index (κ1) is 15.7. The third-order valence-electron chi connectivity index (χ3n) is 2.32. The molecule has 0 aromatic carbocycles. The zero-order valence-electron chi connectivity index (χ0n) is 11.3. The number of pyridine rings is 1. The maximum Gasteiger partial charge on any atom is 0.400 e. The van der Waals surface area contributed by atoms with Crippen LogP contribution < -0.4 is 5.48 Å². The van der Waals surface area contributed by atoms with Crippen molar-refractivity contribution >= 4 is 11.6 Å². The Morgan fingerprint density at radius 3 is 2.71 bits per heavy atom. The van der Waals surface area contributed by atoms with E-state index in [9.17, 15) is 8.78 Å². The molecule has 6 nitrogen and oxygen atoms in total. The molecule has 21 heavy (non-hydrogen) atoms. The molecule has 9 heteroatoms. The summed E-state index contributed by atoms with van der Waals surface area (Å²) in [6.45, 7) is 4.20. The monoisotopic (exact) mass is 318 g/mol. The van der Waals surface area contributed by atoms with Crippen LogP contribution in [0.3, 0.4) is 0 Å². The number of hydrogen-bond donors (Lipinski definition) is 1. The molecule has 0 amide bonds. The van der Waals surface area contributed by atoms with Crippen LogP contribution in [0.5, 0.6) is 0 Å². The van der Waals surface area contributed by atoms with Gasteiger partial charge in [0.1, 0.15) is 0 Å². The molecule has 0 unspecified atom stereocenters. The molecule has 0 atom stereocenters. The van der Waals surface area contributed by atoms with Gasteiger partial charge in [-0.25, -0.2) is 0 Å². The van der Waals surface area contributed by atoms with Crippen LogP contribution in [0.1, 0.15) is 25.4 Å². The van der Waals surface area contributed by atoms with Crippen molar-refractivity contribution in [3.05, 3.63) is 29.9 Å². The fourth-order valence-electron chi connectivity index (χ4n) is 1.40. The van der Waals surface area contributed by atoms with Gasteiger partial charge in [0.25, 0.3) is 0 Å². The van der Waals surface area contributed by atoms with Crippen molar-refractivity contribution in [2.75, 3.05) is 0 Å². The smallest absolute Gasteiger partial charge is 0.331 e. The first-order valence-electron chi connectivity index (χ1n) is 6.11. The fourth-order valence-corrected chi connectivity index (χ4v) is 1.48. The minimum atomic E-state index is -3.68. The summed E-state index contributed by atoms with van der Waals surface area (Å²) in [5.74, 6) is -0.953. The minimum absolute atomic E-state index is 0.00392. The van der Waals surface area contributed by atoms with Crippen LogP contribution in [0.2, 0.25) is 0 Å². The summed E-state index contributed by atoms with van der Waals surface area (Å²) < 4.78 is 30.0. The second-order valence-corrected chi connectivity index (χ2v) is 4.92. The molecule has 0 radical (unpaired) electrons. The van der Waals surface area contributed by atoms with Gasteiger partial charge in [-0.15, -0.1) is 0 Å². The maximum atomic E-state index is 12.8. The van der Waals surface area contributed by atoms with E-state index >= 15 is 0 Å². The molecule has 2 aromatic heterocycles. The summed E-state index contributed by atoms with van der Waals surface area (Å²) in [7, 11) is 0. The van der Waals surface area contributed by atoms with Crippen molar-refractivity contribution in [2.24, 2.45) is 0 Å². The number of alkyl halides is 3. The van der Waals surface area contributed by atoms with Crippen LogP contribution in [0.15, 0.2) is 22.9 Å². The Hall–Kier alpha value is -1.64. The Kier molecular flexibility index (Phi) is 4.81. The molecule has 2 rings (SSSR count). The molecule has 0 spiro atoms. The van der Waals surface area contributed by atoms with E-state index in [0.29, 0.717) is 17.8 Å². The number of hydroxylamine groups is 1. The van der Waals surface area contributed by atoms with E-state index < -0.39 is 11.3 Å². The van der Waals surface area contributed by atoms with Gasteiger partial charge in [0.2, 0.25) is 5.82 Å². The lowest BCUT2D eigenvalue weighted by atomic mass is 10.2. The lowest BCUT2D eigenvalue weighted by molar-refractivity contribution is -0.00936. The van der Waals surface area contributed by atoms with Gasteiger partial charge in [-0.1, -0.05) is 5.16 Å². The van der Waals surface area contributed by atoms with E-state index in [4.69, 9.17) is 16.4 Å². The maximum absolute atomic E-state index is 12.8. The van der Waals surface area contributed by atoms with Crippen molar-refractivity contribution in [2.45, 2.75) is 31.9 Å². The number of rotatable bonds is 6. The molecule has 1 N–H and O–H groups in total. The Morgan fingerprint density at radius 2 is 2.19 bits per heavy atom. The predicted molar refractivity (Wildman–Crippen MR) is 70.3 cm³/mol. The highest BCUT2D eigenvalue weighted by molar-refractivity contribution is 6.21. The lowest BCUT2D eigenvalue weighted by Gasteiger charge is -2.07. The Morgan fingerprint density at radius 1 is 1.43 bits per heavy atom. The van der Waals surface area contributed by atoms with E-state index in [0.717, 1.165) is 0 Å². The van der Waals surface area contributed by atoms with Crippen LogP contribution >= 0.6 is 11.6 Å². The molecule has 0 saturated carbocycles. The second kappa shape index (κ2) is 6.42. The van der Waals surface area contributed by atoms with Crippen molar-refractivity contribution in [1.82, 2.24) is 20.6 Å². The molecular weight excluding hydrogens is 306 g/mol. The number of hydrogen-bond acceptors (Lipinski definition) is 6. The van der Waals surface area contributed by atoms with Gasteiger partial charge in [0.05, 0.1) is 18.3 Å². The summed E-state index contributed by atoms with van der Waals surface area (Å²) in [5, 5.41) is -0.247. The van der Waals surface area contributed by atoms with Crippen LogP contribution in [-0.4, -0.2) is 21.2 Å². The summed E-state index contributed by atoms with van der Waals surface area (Å²) >= 11 is 4.80. The standard InChI is InChI=1S/C12H13ClF2N4O2/c1-7(2)20-17-6-9-4-3-8(5-16-9)10-18-11(21-19-10)12(13,14)15/h3-5,7,17H,6H2,1-2H3. The molecule has 2 aromatic rings. The Balaban J connectivity index is 2.03. The zero-order valence-corrected chi connectivity index (χ0v) is 12.1. The minimum Gasteiger partial charge on any atom is -0.331 e. The average Bonchev–Trinajstić information content (AvgIpc) is 2.88.